The van der Waals surface area contributed by atoms with Crippen LogP contribution in [0.1, 0.15) is 45.0 Å². The van der Waals surface area contributed by atoms with Crippen LogP contribution in [0.2, 0.25) is 0 Å². The highest BCUT2D eigenvalue weighted by Crippen LogP contribution is 2.30. The van der Waals surface area contributed by atoms with E-state index < -0.39 is 0 Å². The van der Waals surface area contributed by atoms with Gasteiger partial charge in [0.25, 0.3) is 11.8 Å². The van der Waals surface area contributed by atoms with Crippen molar-refractivity contribution in [1.82, 2.24) is 15.4 Å². The zero-order valence-electron chi connectivity index (χ0n) is 14.6. The largest absolute Gasteiger partial charge is 0.506 e. The van der Waals surface area contributed by atoms with Crippen molar-refractivity contribution >= 4 is 27.7 Å². The summed E-state index contributed by atoms with van der Waals surface area (Å²) >= 11 is 3.27. The number of nitrogens with one attached hydrogen (secondary N) is 1. The average Bonchev–Trinajstić information content (AvgIpc) is 3.05. The summed E-state index contributed by atoms with van der Waals surface area (Å²) in [7, 11) is 0. The number of amides is 2. The molecular formula is C18H20BrN3O4. The molecule has 0 saturated carbocycles. The smallest absolute Gasteiger partial charge is 0.290 e. The van der Waals surface area contributed by atoms with Gasteiger partial charge in [-0.05, 0) is 60.3 Å². The van der Waals surface area contributed by atoms with E-state index in [9.17, 15) is 14.7 Å². The number of aromatic hydroxyl groups is 1. The van der Waals surface area contributed by atoms with E-state index in [4.69, 9.17) is 4.52 Å². The topological polar surface area (TPSA) is 95.7 Å². The van der Waals surface area contributed by atoms with Gasteiger partial charge in [0.2, 0.25) is 5.76 Å². The van der Waals surface area contributed by atoms with Gasteiger partial charge in [0.1, 0.15) is 5.75 Å². The van der Waals surface area contributed by atoms with Crippen LogP contribution in [-0.2, 0) is 0 Å². The highest BCUT2D eigenvalue weighted by molar-refractivity contribution is 9.10. The van der Waals surface area contributed by atoms with E-state index in [1.165, 1.54) is 0 Å². The predicted molar refractivity (Wildman–Crippen MR) is 98.2 cm³/mol. The Bertz CT molecular complexity index is 841. The van der Waals surface area contributed by atoms with Gasteiger partial charge in [-0.3, -0.25) is 9.59 Å². The molecule has 1 aliphatic rings. The van der Waals surface area contributed by atoms with Crippen LogP contribution in [0.3, 0.4) is 0 Å². The summed E-state index contributed by atoms with van der Waals surface area (Å²) < 4.78 is 5.47. The molecule has 2 amide bonds. The van der Waals surface area contributed by atoms with E-state index in [0.717, 1.165) is 5.56 Å². The fourth-order valence-corrected chi connectivity index (χ4v) is 3.60. The first-order chi connectivity index (χ1) is 12.3. The Morgan fingerprint density at radius 2 is 1.96 bits per heavy atom. The molecule has 1 aliphatic heterocycles. The van der Waals surface area contributed by atoms with E-state index >= 15 is 0 Å². The molecular weight excluding hydrogens is 402 g/mol. The molecule has 0 aliphatic carbocycles. The molecule has 3 rings (SSSR count). The van der Waals surface area contributed by atoms with Crippen LogP contribution >= 0.6 is 15.9 Å². The second-order valence-electron chi connectivity index (χ2n) is 6.52. The Labute approximate surface area is 159 Å². The van der Waals surface area contributed by atoms with Gasteiger partial charge in [0.05, 0.1) is 15.7 Å². The van der Waals surface area contributed by atoms with Crippen LogP contribution in [0.5, 0.6) is 5.75 Å². The molecule has 1 saturated heterocycles. The molecule has 8 heteroatoms. The van der Waals surface area contributed by atoms with Gasteiger partial charge in [0, 0.05) is 25.2 Å². The van der Waals surface area contributed by atoms with E-state index in [0.29, 0.717) is 36.1 Å². The number of nitrogens with zero attached hydrogens (tertiary/aromatic N) is 2. The van der Waals surface area contributed by atoms with Crippen LogP contribution in [0, 0.1) is 13.8 Å². The number of hydrogen-bond donors (Lipinski definition) is 2. The zero-order chi connectivity index (χ0) is 18.8. The number of phenolic OH excluding ortho intramolecular Hbond substituents is 1. The monoisotopic (exact) mass is 421 g/mol. The van der Waals surface area contributed by atoms with Crippen molar-refractivity contribution in [1.29, 1.82) is 0 Å². The van der Waals surface area contributed by atoms with Gasteiger partial charge in [0.15, 0.2) is 0 Å². The van der Waals surface area contributed by atoms with E-state index in [1.807, 2.05) is 6.92 Å². The lowest BCUT2D eigenvalue weighted by molar-refractivity contribution is 0.0692. The molecule has 1 aromatic carbocycles. The molecule has 0 unspecified atom stereocenters. The van der Waals surface area contributed by atoms with Crippen LogP contribution < -0.4 is 5.32 Å². The fourth-order valence-electron chi connectivity index (χ4n) is 3.02. The lowest BCUT2D eigenvalue weighted by Gasteiger charge is -2.32. The first-order valence-corrected chi connectivity index (χ1v) is 9.17. The van der Waals surface area contributed by atoms with Crippen molar-refractivity contribution in [3.05, 3.63) is 45.3 Å². The lowest BCUT2D eigenvalue weighted by atomic mass is 10.0. The minimum atomic E-state index is -0.296. The highest BCUT2D eigenvalue weighted by Gasteiger charge is 2.27. The Kier molecular flexibility index (Phi) is 5.31. The van der Waals surface area contributed by atoms with Crippen LogP contribution in [0.25, 0.3) is 0 Å². The molecule has 0 atom stereocenters. The summed E-state index contributed by atoms with van der Waals surface area (Å²) in [4.78, 5) is 26.5. The number of rotatable bonds is 3. The lowest BCUT2D eigenvalue weighted by Crippen LogP contribution is -2.46. The molecule has 138 valence electrons. The molecule has 0 radical (unpaired) electrons. The SMILES string of the molecule is Cc1cc(Br)c(O)c(C(=O)N2CCC(NC(=O)c3cc(C)no3)CC2)c1. The van der Waals surface area contributed by atoms with Gasteiger partial charge in [-0.1, -0.05) is 5.16 Å². The molecule has 7 nitrogen and oxygen atoms in total. The minimum Gasteiger partial charge on any atom is -0.506 e. The average molecular weight is 422 g/mol. The third kappa shape index (κ3) is 3.90. The number of aromatic nitrogens is 1. The number of carbonyl (C=O) groups is 2. The number of carbonyl (C=O) groups excluding carboxylic acids is 2. The van der Waals surface area contributed by atoms with Crippen molar-refractivity contribution < 1.29 is 19.2 Å². The third-order valence-corrected chi connectivity index (χ3v) is 5.01. The Hall–Kier alpha value is -2.35. The van der Waals surface area contributed by atoms with Crippen molar-refractivity contribution in [2.45, 2.75) is 32.7 Å². The van der Waals surface area contributed by atoms with Gasteiger partial charge < -0.3 is 19.8 Å². The van der Waals surface area contributed by atoms with Crippen LogP contribution in [-0.4, -0.2) is 46.1 Å². The first-order valence-electron chi connectivity index (χ1n) is 8.37. The van der Waals surface area contributed by atoms with Crippen LogP contribution in [0.15, 0.2) is 27.2 Å². The van der Waals surface area contributed by atoms with E-state index in [-0.39, 0.29) is 34.9 Å². The quantitative estimate of drug-likeness (QED) is 0.793. The number of hydrogen-bond acceptors (Lipinski definition) is 5. The predicted octanol–water partition coefficient (Wildman–Crippen LogP) is 2.79. The molecule has 0 bridgehead atoms. The number of halogens is 1. The number of benzene rings is 1. The number of phenols is 1. The first kappa shape index (κ1) is 18.4. The summed E-state index contributed by atoms with van der Waals surface area (Å²) in [5.41, 5.74) is 1.83. The fraction of sp³-hybridized carbons (Fsp3) is 0.389. The second-order valence-corrected chi connectivity index (χ2v) is 7.37. The van der Waals surface area contributed by atoms with Crippen molar-refractivity contribution in [3.63, 3.8) is 0 Å². The summed E-state index contributed by atoms with van der Waals surface area (Å²) in [6.07, 6.45) is 1.27. The Morgan fingerprint density at radius 3 is 2.58 bits per heavy atom. The molecule has 26 heavy (non-hydrogen) atoms. The highest BCUT2D eigenvalue weighted by atomic mass is 79.9. The molecule has 2 heterocycles. The molecule has 2 N–H and O–H groups in total. The normalized spacial score (nSPS) is 15.1. The molecule has 0 spiro atoms. The minimum absolute atomic E-state index is 0.0326. The Morgan fingerprint density at radius 1 is 1.27 bits per heavy atom. The van der Waals surface area contributed by atoms with Gasteiger partial charge in [-0.15, -0.1) is 0 Å². The standard InChI is InChI=1S/C18H20BrN3O4/c1-10-7-13(16(23)14(19)8-10)18(25)22-5-3-12(4-6-22)20-17(24)15-9-11(2)21-26-15/h7-9,12,23H,3-6H2,1-2H3,(H,20,24). The second kappa shape index (κ2) is 7.49. The van der Waals surface area contributed by atoms with E-state index in [2.05, 4.69) is 26.4 Å². The summed E-state index contributed by atoms with van der Waals surface area (Å²) in [6, 6.07) is 5.00. The number of aryl methyl sites for hydroxylation is 2. The maximum Gasteiger partial charge on any atom is 0.290 e. The maximum absolute atomic E-state index is 12.7. The van der Waals surface area contributed by atoms with Gasteiger partial charge in [-0.25, -0.2) is 0 Å². The molecule has 1 aromatic heterocycles. The van der Waals surface area contributed by atoms with E-state index in [1.54, 1.807) is 30.0 Å². The zero-order valence-corrected chi connectivity index (χ0v) is 16.2. The number of likely N-dealkylation sites (tertiary alicyclic amines) is 1. The Balaban J connectivity index is 1.60. The third-order valence-electron chi connectivity index (χ3n) is 4.41. The summed E-state index contributed by atoms with van der Waals surface area (Å²) in [5, 5.41) is 16.8. The number of piperidine rings is 1. The van der Waals surface area contributed by atoms with Gasteiger partial charge in [-0.2, -0.15) is 0 Å². The summed E-state index contributed by atoms with van der Waals surface area (Å²) in [6.45, 7) is 4.63. The van der Waals surface area contributed by atoms with Crippen LogP contribution in [0.4, 0.5) is 0 Å². The van der Waals surface area contributed by atoms with Crippen molar-refractivity contribution in [3.8, 4) is 5.75 Å². The van der Waals surface area contributed by atoms with Gasteiger partial charge >= 0.3 is 0 Å². The molecule has 2 aromatic rings. The van der Waals surface area contributed by atoms with Crippen molar-refractivity contribution in [2.24, 2.45) is 0 Å². The molecule has 1 fully saturated rings. The maximum atomic E-state index is 12.7. The summed E-state index contributed by atoms with van der Waals surface area (Å²) in [5.74, 6) is -0.356. The van der Waals surface area contributed by atoms with Crippen molar-refractivity contribution in [2.75, 3.05) is 13.1 Å².